The molecule has 1 heterocycles. The first kappa shape index (κ1) is 21.0. The summed E-state index contributed by atoms with van der Waals surface area (Å²) < 4.78 is 23.2. The van der Waals surface area contributed by atoms with Crippen molar-refractivity contribution >= 4 is 21.7 Å². The number of carbonyl (C=O) groups is 2. The van der Waals surface area contributed by atoms with Crippen LogP contribution in [0.5, 0.6) is 0 Å². The van der Waals surface area contributed by atoms with E-state index in [0.29, 0.717) is 13.0 Å². The Bertz CT molecular complexity index is 906. The molecule has 2 aromatic rings. The van der Waals surface area contributed by atoms with Gasteiger partial charge in [0.05, 0.1) is 24.0 Å². The molecular formula is C22H26N2O4S. The molecule has 2 aromatic carbocycles. The zero-order valence-electron chi connectivity index (χ0n) is 16.5. The molecule has 0 radical (unpaired) electrons. The van der Waals surface area contributed by atoms with Gasteiger partial charge in [0.2, 0.25) is 11.8 Å². The average Bonchev–Trinajstić information content (AvgIpc) is 3.06. The number of benzene rings is 2. The number of sulfone groups is 1. The number of likely N-dealkylation sites (N-methyl/N-ethyl adjacent to an activating group) is 1. The molecule has 1 atom stereocenters. The molecule has 7 heteroatoms. The summed E-state index contributed by atoms with van der Waals surface area (Å²) in [6, 6.07) is 18.6. The molecule has 6 nitrogen and oxygen atoms in total. The molecule has 1 aliphatic heterocycles. The van der Waals surface area contributed by atoms with Crippen LogP contribution < -0.4 is 5.32 Å². The summed E-state index contributed by atoms with van der Waals surface area (Å²) in [7, 11) is -3.07. The largest absolute Gasteiger partial charge is 0.351 e. The van der Waals surface area contributed by atoms with Gasteiger partial charge in [0.25, 0.3) is 0 Å². The SMILES string of the molecule is CCN(CC(=O)N[C@@H]1CCS(=O)(=O)C1)C(=O)C(c1ccccc1)c1ccccc1. The quantitative estimate of drug-likeness (QED) is 0.751. The van der Waals surface area contributed by atoms with Crippen molar-refractivity contribution in [3.63, 3.8) is 0 Å². The molecule has 0 aromatic heterocycles. The van der Waals surface area contributed by atoms with Crippen molar-refractivity contribution in [3.05, 3.63) is 71.8 Å². The van der Waals surface area contributed by atoms with Gasteiger partial charge in [-0.2, -0.15) is 0 Å². The molecule has 1 aliphatic rings. The lowest BCUT2D eigenvalue weighted by molar-refractivity contribution is -0.136. The Kier molecular flexibility index (Phi) is 6.69. The Hall–Kier alpha value is -2.67. The van der Waals surface area contributed by atoms with Crippen LogP contribution in [-0.2, 0) is 19.4 Å². The zero-order valence-corrected chi connectivity index (χ0v) is 17.3. The average molecular weight is 415 g/mol. The number of rotatable bonds is 7. The van der Waals surface area contributed by atoms with Gasteiger partial charge in [-0.05, 0) is 24.5 Å². The van der Waals surface area contributed by atoms with E-state index in [-0.39, 0.29) is 35.9 Å². The molecule has 0 spiro atoms. The van der Waals surface area contributed by atoms with Crippen LogP contribution in [0.3, 0.4) is 0 Å². The van der Waals surface area contributed by atoms with Crippen LogP contribution in [-0.4, -0.2) is 55.8 Å². The second-order valence-corrected chi connectivity index (χ2v) is 9.50. The highest BCUT2D eigenvalue weighted by Crippen LogP contribution is 2.26. The Morgan fingerprint density at radius 2 is 1.59 bits per heavy atom. The van der Waals surface area contributed by atoms with E-state index in [2.05, 4.69) is 5.32 Å². The molecule has 0 aliphatic carbocycles. The molecule has 0 unspecified atom stereocenters. The minimum absolute atomic E-state index is 0.0323. The molecule has 154 valence electrons. The molecule has 1 N–H and O–H groups in total. The lowest BCUT2D eigenvalue weighted by Crippen LogP contribution is -2.45. The molecule has 3 rings (SSSR count). The third-order valence-corrected chi connectivity index (χ3v) is 6.91. The van der Waals surface area contributed by atoms with Crippen molar-refractivity contribution in [3.8, 4) is 0 Å². The van der Waals surface area contributed by atoms with Crippen molar-refractivity contribution in [1.82, 2.24) is 10.2 Å². The van der Waals surface area contributed by atoms with Crippen molar-refractivity contribution < 1.29 is 18.0 Å². The maximum atomic E-state index is 13.4. The van der Waals surface area contributed by atoms with Gasteiger partial charge < -0.3 is 10.2 Å². The molecule has 2 amide bonds. The maximum Gasteiger partial charge on any atom is 0.239 e. The summed E-state index contributed by atoms with van der Waals surface area (Å²) in [5.41, 5.74) is 1.73. The number of nitrogens with one attached hydrogen (secondary N) is 1. The molecule has 0 saturated carbocycles. The van der Waals surface area contributed by atoms with E-state index in [1.165, 1.54) is 4.90 Å². The summed E-state index contributed by atoms with van der Waals surface area (Å²) >= 11 is 0. The van der Waals surface area contributed by atoms with Crippen molar-refractivity contribution in [2.24, 2.45) is 0 Å². The highest BCUT2D eigenvalue weighted by atomic mass is 32.2. The predicted molar refractivity (Wildman–Crippen MR) is 112 cm³/mol. The van der Waals surface area contributed by atoms with E-state index in [1.807, 2.05) is 67.6 Å². The van der Waals surface area contributed by atoms with E-state index < -0.39 is 15.8 Å². The van der Waals surface area contributed by atoms with E-state index in [4.69, 9.17) is 0 Å². The lowest BCUT2D eigenvalue weighted by atomic mass is 9.90. The van der Waals surface area contributed by atoms with Crippen LogP contribution >= 0.6 is 0 Å². The molecule has 0 bridgehead atoms. The first-order chi connectivity index (χ1) is 13.9. The van der Waals surface area contributed by atoms with Crippen LogP contribution in [0.2, 0.25) is 0 Å². The van der Waals surface area contributed by atoms with Crippen LogP contribution in [0.4, 0.5) is 0 Å². The lowest BCUT2D eigenvalue weighted by Gasteiger charge is -2.27. The summed E-state index contributed by atoms with van der Waals surface area (Å²) in [6.07, 6.45) is 0.421. The molecule has 1 saturated heterocycles. The van der Waals surface area contributed by atoms with E-state index >= 15 is 0 Å². The first-order valence-electron chi connectivity index (χ1n) is 9.78. The third-order valence-electron chi connectivity index (χ3n) is 5.14. The minimum Gasteiger partial charge on any atom is -0.351 e. The van der Waals surface area contributed by atoms with Crippen LogP contribution in [0.25, 0.3) is 0 Å². The van der Waals surface area contributed by atoms with Crippen molar-refractivity contribution in [2.75, 3.05) is 24.6 Å². The number of hydrogen-bond donors (Lipinski definition) is 1. The summed E-state index contributed by atoms with van der Waals surface area (Å²) in [6.45, 7) is 2.12. The van der Waals surface area contributed by atoms with Crippen molar-refractivity contribution in [2.45, 2.75) is 25.3 Å². The fraction of sp³-hybridized carbons (Fsp3) is 0.364. The molecule has 29 heavy (non-hydrogen) atoms. The van der Waals surface area contributed by atoms with Crippen molar-refractivity contribution in [1.29, 1.82) is 0 Å². The Labute approximate surface area is 171 Å². The topological polar surface area (TPSA) is 83.6 Å². The fourth-order valence-electron chi connectivity index (χ4n) is 3.65. The molecule has 1 fully saturated rings. The second-order valence-electron chi connectivity index (χ2n) is 7.27. The Morgan fingerprint density at radius 3 is 2.03 bits per heavy atom. The van der Waals surface area contributed by atoms with Gasteiger partial charge in [0, 0.05) is 12.6 Å². The summed E-state index contributed by atoms with van der Waals surface area (Å²) in [5.74, 6) is -0.924. The number of nitrogens with zero attached hydrogens (tertiary/aromatic N) is 1. The van der Waals surface area contributed by atoms with E-state index in [0.717, 1.165) is 11.1 Å². The van der Waals surface area contributed by atoms with Crippen LogP contribution in [0.1, 0.15) is 30.4 Å². The van der Waals surface area contributed by atoms with Gasteiger partial charge in [-0.15, -0.1) is 0 Å². The standard InChI is InChI=1S/C22H26N2O4S/c1-2-24(15-20(25)23-19-13-14-29(27,28)16-19)22(26)21(17-9-5-3-6-10-17)18-11-7-4-8-12-18/h3-12,19,21H,2,13-16H2,1H3,(H,23,25)/t19-/m1/s1. The normalized spacial score (nSPS) is 17.8. The highest BCUT2D eigenvalue weighted by Gasteiger charge is 2.31. The van der Waals surface area contributed by atoms with Gasteiger partial charge in [-0.25, -0.2) is 8.42 Å². The predicted octanol–water partition coefficient (Wildman–Crippen LogP) is 1.97. The van der Waals surface area contributed by atoms with Gasteiger partial charge in [0.15, 0.2) is 9.84 Å². The number of amides is 2. The zero-order chi connectivity index (χ0) is 20.9. The van der Waals surface area contributed by atoms with E-state index in [1.54, 1.807) is 0 Å². The number of hydrogen-bond acceptors (Lipinski definition) is 4. The second kappa shape index (κ2) is 9.22. The van der Waals surface area contributed by atoms with E-state index in [9.17, 15) is 18.0 Å². The van der Waals surface area contributed by atoms with Gasteiger partial charge in [0.1, 0.15) is 0 Å². The highest BCUT2D eigenvalue weighted by molar-refractivity contribution is 7.91. The Balaban J connectivity index is 1.76. The molecular weight excluding hydrogens is 388 g/mol. The fourth-order valence-corrected chi connectivity index (χ4v) is 5.33. The smallest absolute Gasteiger partial charge is 0.239 e. The summed E-state index contributed by atoms with van der Waals surface area (Å²) in [5, 5.41) is 2.76. The number of carbonyl (C=O) groups excluding carboxylic acids is 2. The minimum atomic E-state index is -3.07. The Morgan fingerprint density at radius 1 is 1.03 bits per heavy atom. The van der Waals surface area contributed by atoms with Gasteiger partial charge in [-0.3, -0.25) is 9.59 Å². The van der Waals surface area contributed by atoms with Crippen LogP contribution in [0.15, 0.2) is 60.7 Å². The third kappa shape index (κ3) is 5.44. The van der Waals surface area contributed by atoms with Crippen LogP contribution in [0, 0.1) is 0 Å². The summed E-state index contributed by atoms with van der Waals surface area (Å²) in [4.78, 5) is 27.4. The maximum absolute atomic E-state index is 13.4. The van der Waals surface area contributed by atoms with Gasteiger partial charge >= 0.3 is 0 Å². The first-order valence-corrected chi connectivity index (χ1v) is 11.6. The monoisotopic (exact) mass is 414 g/mol. The van der Waals surface area contributed by atoms with Gasteiger partial charge in [-0.1, -0.05) is 60.7 Å².